The highest BCUT2D eigenvalue weighted by atomic mass is 32.2. The number of aryl methyl sites for hydroxylation is 1. The predicted molar refractivity (Wildman–Crippen MR) is 120 cm³/mol. The highest BCUT2D eigenvalue weighted by Crippen LogP contribution is 2.25. The summed E-state index contributed by atoms with van der Waals surface area (Å²) in [6.45, 7) is 4.27. The molecule has 0 unspecified atom stereocenters. The van der Waals surface area contributed by atoms with Crippen LogP contribution in [0.2, 0.25) is 0 Å². The largest absolute Gasteiger partial charge is 0.492 e. The Morgan fingerprint density at radius 1 is 1.13 bits per heavy atom. The molecule has 0 aliphatic carbocycles. The molecule has 2 aromatic carbocycles. The van der Waals surface area contributed by atoms with E-state index in [1.807, 2.05) is 26.0 Å². The van der Waals surface area contributed by atoms with Gasteiger partial charge in [-0.25, -0.2) is 8.42 Å². The monoisotopic (exact) mass is 460 g/mol. The average Bonchev–Trinajstić information content (AvgIpc) is 3.07. The van der Waals surface area contributed by atoms with Crippen LogP contribution in [0.25, 0.3) is 0 Å². The van der Waals surface area contributed by atoms with E-state index in [0.717, 1.165) is 5.56 Å². The van der Waals surface area contributed by atoms with Crippen LogP contribution in [-0.2, 0) is 27.4 Å². The molecule has 1 N–H and O–H groups in total. The topological polar surface area (TPSA) is 103 Å². The lowest BCUT2D eigenvalue weighted by molar-refractivity contribution is -0.113. The summed E-state index contributed by atoms with van der Waals surface area (Å²) in [6, 6.07) is 13.9. The second-order valence-corrected chi connectivity index (χ2v) is 9.73. The molecule has 0 saturated heterocycles. The number of hydrogen-bond donors (Lipinski definition) is 1. The summed E-state index contributed by atoms with van der Waals surface area (Å²) in [7, 11) is -1.86. The van der Waals surface area contributed by atoms with Crippen LogP contribution in [0.3, 0.4) is 0 Å². The molecule has 31 heavy (non-hydrogen) atoms. The first kappa shape index (κ1) is 22.8. The van der Waals surface area contributed by atoms with Gasteiger partial charge in [-0.05, 0) is 38.1 Å². The normalized spacial score (nSPS) is 11.3. The van der Waals surface area contributed by atoms with E-state index in [9.17, 15) is 13.2 Å². The van der Waals surface area contributed by atoms with Crippen LogP contribution in [0.15, 0.2) is 58.6 Å². The molecule has 164 valence electrons. The number of ether oxygens (including phenoxy) is 1. The maximum absolute atomic E-state index is 12.7. The van der Waals surface area contributed by atoms with E-state index in [1.54, 1.807) is 48.0 Å². The maximum atomic E-state index is 12.7. The molecule has 3 aromatic rings. The van der Waals surface area contributed by atoms with Crippen molar-refractivity contribution in [2.45, 2.75) is 29.7 Å². The Kier molecular flexibility index (Phi) is 7.34. The van der Waals surface area contributed by atoms with E-state index in [0.29, 0.717) is 29.0 Å². The van der Waals surface area contributed by atoms with Gasteiger partial charge in [0.15, 0.2) is 15.0 Å². The highest BCUT2D eigenvalue weighted by molar-refractivity contribution is 7.99. The number of para-hydroxylation sites is 2. The Hall–Kier alpha value is -2.85. The fourth-order valence-electron chi connectivity index (χ4n) is 2.76. The third-order valence-corrected chi connectivity index (χ3v) is 7.07. The molecule has 0 aliphatic rings. The van der Waals surface area contributed by atoms with Crippen LogP contribution in [0.5, 0.6) is 5.75 Å². The zero-order chi connectivity index (χ0) is 22.4. The fraction of sp³-hybridized carbons (Fsp3) is 0.286. The summed E-state index contributed by atoms with van der Waals surface area (Å²) in [6.07, 6.45) is 0. The molecule has 0 bridgehead atoms. The molecular weight excluding hydrogens is 436 g/mol. The van der Waals surface area contributed by atoms with E-state index in [4.69, 9.17) is 4.74 Å². The quantitative estimate of drug-likeness (QED) is 0.489. The van der Waals surface area contributed by atoms with Crippen molar-refractivity contribution in [1.29, 1.82) is 0 Å². The number of amides is 1. The van der Waals surface area contributed by atoms with Crippen LogP contribution in [-0.4, -0.2) is 41.4 Å². The Morgan fingerprint density at radius 2 is 1.84 bits per heavy atom. The van der Waals surface area contributed by atoms with Gasteiger partial charge < -0.3 is 14.6 Å². The highest BCUT2D eigenvalue weighted by Gasteiger charge is 2.20. The maximum Gasteiger partial charge on any atom is 0.234 e. The van der Waals surface area contributed by atoms with Gasteiger partial charge in [-0.1, -0.05) is 41.6 Å². The van der Waals surface area contributed by atoms with Crippen molar-refractivity contribution >= 4 is 33.2 Å². The first-order valence-corrected chi connectivity index (χ1v) is 12.3. The van der Waals surface area contributed by atoms with E-state index < -0.39 is 9.84 Å². The summed E-state index contributed by atoms with van der Waals surface area (Å²) in [4.78, 5) is 12.6. The molecular formula is C21H24N4O4S2. The third-order valence-electron chi connectivity index (χ3n) is 4.42. The van der Waals surface area contributed by atoms with Gasteiger partial charge in [0, 0.05) is 7.05 Å². The van der Waals surface area contributed by atoms with Crippen LogP contribution in [0, 0.1) is 6.92 Å². The van der Waals surface area contributed by atoms with Crippen LogP contribution in [0.4, 0.5) is 5.69 Å². The lowest BCUT2D eigenvalue weighted by atomic mass is 10.2. The zero-order valence-corrected chi connectivity index (χ0v) is 19.2. The van der Waals surface area contributed by atoms with Gasteiger partial charge in [-0.15, -0.1) is 10.2 Å². The first-order chi connectivity index (χ1) is 14.8. The Bertz CT molecular complexity index is 1160. The summed E-state index contributed by atoms with van der Waals surface area (Å²) in [5.74, 6) is 0.510. The second kappa shape index (κ2) is 9.97. The molecule has 0 saturated carbocycles. The van der Waals surface area contributed by atoms with Crippen molar-refractivity contribution in [3.63, 3.8) is 0 Å². The van der Waals surface area contributed by atoms with Gasteiger partial charge in [0.2, 0.25) is 5.91 Å². The number of carbonyl (C=O) groups is 1. The molecule has 0 radical (unpaired) electrons. The molecule has 10 heteroatoms. The van der Waals surface area contributed by atoms with Gasteiger partial charge in [-0.3, -0.25) is 4.79 Å². The van der Waals surface area contributed by atoms with Crippen molar-refractivity contribution in [2.24, 2.45) is 7.05 Å². The summed E-state index contributed by atoms with van der Waals surface area (Å²) in [5, 5.41) is 11.3. The number of thioether (sulfide) groups is 1. The summed E-state index contributed by atoms with van der Waals surface area (Å²) < 4.78 is 32.4. The number of nitrogens with zero attached hydrogens (tertiary/aromatic N) is 3. The van der Waals surface area contributed by atoms with Crippen molar-refractivity contribution < 1.29 is 17.9 Å². The van der Waals surface area contributed by atoms with Crippen LogP contribution < -0.4 is 10.1 Å². The van der Waals surface area contributed by atoms with Crippen molar-refractivity contribution in [2.75, 3.05) is 17.7 Å². The van der Waals surface area contributed by atoms with E-state index in [1.165, 1.54) is 11.8 Å². The minimum absolute atomic E-state index is 0.0944. The Balaban J connectivity index is 1.63. The van der Waals surface area contributed by atoms with Crippen LogP contribution in [0.1, 0.15) is 18.3 Å². The molecule has 8 nitrogen and oxygen atoms in total. The van der Waals surface area contributed by atoms with Gasteiger partial charge in [-0.2, -0.15) is 0 Å². The van der Waals surface area contributed by atoms with Gasteiger partial charge >= 0.3 is 0 Å². The molecule has 1 aromatic heterocycles. The molecule has 0 aliphatic heterocycles. The third kappa shape index (κ3) is 5.86. The fourth-order valence-corrected chi connectivity index (χ4v) is 4.80. The number of sulfone groups is 1. The molecule has 0 fully saturated rings. The number of benzene rings is 2. The summed E-state index contributed by atoms with van der Waals surface area (Å²) in [5.41, 5.74) is 1.58. The van der Waals surface area contributed by atoms with E-state index in [-0.39, 0.29) is 22.3 Å². The zero-order valence-electron chi connectivity index (χ0n) is 17.5. The van der Waals surface area contributed by atoms with E-state index in [2.05, 4.69) is 15.5 Å². The lowest BCUT2D eigenvalue weighted by Gasteiger charge is -2.11. The molecule has 0 spiro atoms. The van der Waals surface area contributed by atoms with Gasteiger partial charge in [0.1, 0.15) is 17.3 Å². The molecule has 1 amide bonds. The van der Waals surface area contributed by atoms with Crippen molar-refractivity contribution in [3.05, 3.63) is 59.9 Å². The molecule has 3 rings (SSSR count). The SMILES string of the molecule is CCOc1ccccc1NC(=O)CSc1nnc(CS(=O)(=O)c2ccc(C)cc2)n1C. The number of carbonyl (C=O) groups excluding carboxylic acids is 1. The predicted octanol–water partition coefficient (Wildman–Crippen LogP) is 3.23. The van der Waals surface area contributed by atoms with Crippen molar-refractivity contribution in [1.82, 2.24) is 14.8 Å². The standard InChI is InChI=1S/C21H24N4O4S2/c1-4-29-18-8-6-5-7-17(18)22-20(26)13-30-21-24-23-19(25(21)3)14-31(27,28)16-11-9-15(2)10-12-16/h5-12H,4,13-14H2,1-3H3,(H,22,26). The van der Waals surface area contributed by atoms with Crippen molar-refractivity contribution in [3.8, 4) is 5.75 Å². The Morgan fingerprint density at radius 3 is 2.55 bits per heavy atom. The Labute approximate surface area is 186 Å². The summed E-state index contributed by atoms with van der Waals surface area (Å²) >= 11 is 1.18. The number of nitrogens with one attached hydrogen (secondary N) is 1. The molecule has 1 heterocycles. The minimum atomic E-state index is -3.55. The smallest absolute Gasteiger partial charge is 0.234 e. The van der Waals surface area contributed by atoms with Crippen LogP contribution >= 0.6 is 11.8 Å². The number of anilines is 1. The van der Waals surface area contributed by atoms with Gasteiger partial charge in [0.25, 0.3) is 0 Å². The number of rotatable bonds is 9. The second-order valence-electron chi connectivity index (χ2n) is 6.80. The number of hydrogen-bond acceptors (Lipinski definition) is 7. The minimum Gasteiger partial charge on any atom is -0.492 e. The first-order valence-electron chi connectivity index (χ1n) is 9.62. The average molecular weight is 461 g/mol. The lowest BCUT2D eigenvalue weighted by Crippen LogP contribution is -2.15. The number of aromatic nitrogens is 3. The van der Waals surface area contributed by atoms with Gasteiger partial charge in [0.05, 0.1) is 22.9 Å². The molecule has 0 atom stereocenters. The van der Waals surface area contributed by atoms with E-state index >= 15 is 0 Å².